The van der Waals surface area contributed by atoms with Gasteiger partial charge in [0.1, 0.15) is 11.4 Å². The zero-order valence-electron chi connectivity index (χ0n) is 17.4. The number of benzene rings is 2. The predicted octanol–water partition coefficient (Wildman–Crippen LogP) is 3.91. The van der Waals surface area contributed by atoms with Gasteiger partial charge in [0.25, 0.3) is 11.6 Å². The number of anilines is 1. The van der Waals surface area contributed by atoms with Crippen molar-refractivity contribution in [3.05, 3.63) is 63.7 Å². The largest absolute Gasteiger partial charge is 0.497 e. The van der Waals surface area contributed by atoms with Gasteiger partial charge in [0.05, 0.1) is 12.0 Å². The fourth-order valence-corrected chi connectivity index (χ4v) is 3.90. The fourth-order valence-electron chi connectivity index (χ4n) is 3.90. The number of carbonyl (C=O) groups is 2. The lowest BCUT2D eigenvalue weighted by Gasteiger charge is -2.31. The molecule has 8 heteroatoms. The Labute approximate surface area is 180 Å². The van der Waals surface area contributed by atoms with Crippen LogP contribution in [0.5, 0.6) is 5.75 Å². The molecule has 1 saturated heterocycles. The first kappa shape index (κ1) is 20.8. The molecule has 2 aliphatic rings. The third-order valence-corrected chi connectivity index (χ3v) is 5.91. The molecule has 1 aliphatic heterocycles. The first-order valence-corrected chi connectivity index (χ1v) is 10.5. The van der Waals surface area contributed by atoms with Crippen molar-refractivity contribution in [1.82, 2.24) is 4.90 Å². The number of amides is 1. The van der Waals surface area contributed by atoms with Gasteiger partial charge in [0, 0.05) is 42.2 Å². The van der Waals surface area contributed by atoms with Gasteiger partial charge in [0.15, 0.2) is 5.78 Å². The van der Waals surface area contributed by atoms with E-state index in [1.807, 2.05) is 0 Å². The summed E-state index contributed by atoms with van der Waals surface area (Å²) in [7, 11) is 1.58. The first-order valence-electron chi connectivity index (χ1n) is 10.5. The summed E-state index contributed by atoms with van der Waals surface area (Å²) >= 11 is 0. The maximum absolute atomic E-state index is 12.9. The Balaban J connectivity index is 1.40. The van der Waals surface area contributed by atoms with Crippen LogP contribution in [0.2, 0.25) is 0 Å². The SMILES string of the molecule is COc1ccc(C(=O)C2CCN(C(=O)c3ccc(NC4CC4)c([N+](=O)[O-])c3)CC2)cc1. The number of nitro groups is 1. The Morgan fingerprint density at radius 1 is 1.03 bits per heavy atom. The molecule has 0 atom stereocenters. The standard InChI is InChI=1S/C23H25N3O5/c1-31-19-7-2-15(3-8-19)22(27)16-10-12-25(13-11-16)23(28)17-4-9-20(24-18-5-6-18)21(14-17)26(29)30/h2-4,7-9,14,16,18,24H,5-6,10-13H2,1H3. The quantitative estimate of drug-likeness (QED) is 0.412. The minimum Gasteiger partial charge on any atom is -0.497 e. The summed E-state index contributed by atoms with van der Waals surface area (Å²) in [6, 6.07) is 11.9. The van der Waals surface area contributed by atoms with E-state index in [4.69, 9.17) is 4.74 Å². The molecule has 0 spiro atoms. The Hall–Kier alpha value is -3.42. The monoisotopic (exact) mass is 423 g/mol. The van der Waals surface area contributed by atoms with E-state index in [1.54, 1.807) is 48.4 Å². The van der Waals surface area contributed by atoms with E-state index in [-0.39, 0.29) is 29.3 Å². The van der Waals surface area contributed by atoms with Crippen molar-refractivity contribution in [3.8, 4) is 5.75 Å². The molecule has 1 heterocycles. The van der Waals surface area contributed by atoms with Gasteiger partial charge in [-0.3, -0.25) is 19.7 Å². The molecule has 4 rings (SSSR count). The molecule has 1 N–H and O–H groups in total. The third-order valence-electron chi connectivity index (χ3n) is 5.91. The zero-order chi connectivity index (χ0) is 22.0. The van der Waals surface area contributed by atoms with E-state index in [0.717, 1.165) is 12.8 Å². The number of ketones is 1. The van der Waals surface area contributed by atoms with Crippen LogP contribution in [0.1, 0.15) is 46.4 Å². The highest BCUT2D eigenvalue weighted by Crippen LogP contribution is 2.32. The van der Waals surface area contributed by atoms with Crippen molar-refractivity contribution in [3.63, 3.8) is 0 Å². The summed E-state index contributed by atoms with van der Waals surface area (Å²) in [5.41, 5.74) is 1.31. The van der Waals surface area contributed by atoms with Crippen molar-refractivity contribution in [2.75, 3.05) is 25.5 Å². The number of hydrogen-bond acceptors (Lipinski definition) is 6. The van der Waals surface area contributed by atoms with Crippen molar-refractivity contribution in [2.45, 2.75) is 31.7 Å². The van der Waals surface area contributed by atoms with Gasteiger partial charge in [-0.2, -0.15) is 0 Å². The minimum atomic E-state index is -0.457. The molecule has 8 nitrogen and oxygen atoms in total. The van der Waals surface area contributed by atoms with Crippen molar-refractivity contribution >= 4 is 23.1 Å². The number of ether oxygens (including phenoxy) is 1. The topological polar surface area (TPSA) is 102 Å². The van der Waals surface area contributed by atoms with E-state index in [9.17, 15) is 19.7 Å². The maximum atomic E-state index is 12.9. The molecule has 31 heavy (non-hydrogen) atoms. The number of nitrogens with one attached hydrogen (secondary N) is 1. The van der Waals surface area contributed by atoms with Gasteiger partial charge < -0.3 is 15.0 Å². The van der Waals surface area contributed by atoms with Gasteiger partial charge in [-0.15, -0.1) is 0 Å². The highest BCUT2D eigenvalue weighted by molar-refractivity contribution is 5.99. The van der Waals surface area contributed by atoms with E-state index in [2.05, 4.69) is 5.32 Å². The number of rotatable bonds is 7. The molecule has 0 aromatic heterocycles. The number of methoxy groups -OCH3 is 1. The van der Waals surface area contributed by atoms with Crippen molar-refractivity contribution in [1.29, 1.82) is 0 Å². The molecular weight excluding hydrogens is 398 g/mol. The van der Waals surface area contributed by atoms with Crippen LogP contribution in [-0.4, -0.2) is 47.8 Å². The highest BCUT2D eigenvalue weighted by Gasteiger charge is 2.30. The maximum Gasteiger partial charge on any atom is 0.293 e. The normalized spacial score (nSPS) is 16.6. The molecule has 2 aromatic carbocycles. The highest BCUT2D eigenvalue weighted by atomic mass is 16.6. The van der Waals surface area contributed by atoms with Crippen LogP contribution in [-0.2, 0) is 0 Å². The zero-order valence-corrected chi connectivity index (χ0v) is 17.4. The van der Waals surface area contributed by atoms with Crippen LogP contribution < -0.4 is 10.1 Å². The molecule has 1 aliphatic carbocycles. The second-order valence-corrected chi connectivity index (χ2v) is 8.07. The number of nitro benzene ring substituents is 1. The van der Waals surface area contributed by atoms with Crippen LogP contribution in [0.3, 0.4) is 0 Å². The second-order valence-electron chi connectivity index (χ2n) is 8.07. The average Bonchev–Trinajstić information content (AvgIpc) is 3.62. The van der Waals surface area contributed by atoms with Gasteiger partial charge in [-0.25, -0.2) is 0 Å². The van der Waals surface area contributed by atoms with Gasteiger partial charge >= 0.3 is 0 Å². The van der Waals surface area contributed by atoms with E-state index >= 15 is 0 Å². The van der Waals surface area contributed by atoms with Gasteiger partial charge in [0.2, 0.25) is 0 Å². The van der Waals surface area contributed by atoms with E-state index in [1.165, 1.54) is 6.07 Å². The van der Waals surface area contributed by atoms with Crippen molar-refractivity contribution < 1.29 is 19.2 Å². The summed E-state index contributed by atoms with van der Waals surface area (Å²) in [6.07, 6.45) is 3.14. The van der Waals surface area contributed by atoms with Gasteiger partial charge in [-0.1, -0.05) is 0 Å². The van der Waals surface area contributed by atoms with Crippen LogP contribution in [0.25, 0.3) is 0 Å². The van der Waals surface area contributed by atoms with Crippen LogP contribution in [0.15, 0.2) is 42.5 Å². The lowest BCUT2D eigenvalue weighted by molar-refractivity contribution is -0.384. The molecule has 0 unspecified atom stereocenters. The lowest BCUT2D eigenvalue weighted by atomic mass is 9.88. The molecule has 1 saturated carbocycles. The fraction of sp³-hybridized carbons (Fsp3) is 0.391. The number of nitrogens with zero attached hydrogens (tertiary/aromatic N) is 2. The molecule has 2 aromatic rings. The summed E-state index contributed by atoms with van der Waals surface area (Å²) in [4.78, 5) is 38.4. The molecular formula is C23H25N3O5. The third kappa shape index (κ3) is 4.68. The lowest BCUT2D eigenvalue weighted by Crippen LogP contribution is -2.40. The Morgan fingerprint density at radius 2 is 1.68 bits per heavy atom. The number of Topliss-reactive ketones (excluding diaryl/α,β-unsaturated/α-hetero) is 1. The number of piperidine rings is 1. The molecule has 162 valence electrons. The summed E-state index contributed by atoms with van der Waals surface area (Å²) < 4.78 is 5.13. The Bertz CT molecular complexity index is 993. The number of hydrogen-bond donors (Lipinski definition) is 1. The Kier molecular flexibility index (Phi) is 5.88. The molecule has 2 fully saturated rings. The van der Waals surface area contributed by atoms with Gasteiger partial charge in [-0.05, 0) is 62.1 Å². The molecule has 0 radical (unpaired) electrons. The van der Waals surface area contributed by atoms with Crippen LogP contribution in [0.4, 0.5) is 11.4 Å². The van der Waals surface area contributed by atoms with E-state index < -0.39 is 4.92 Å². The predicted molar refractivity (Wildman–Crippen MR) is 116 cm³/mol. The first-order chi connectivity index (χ1) is 15.0. The molecule has 0 bridgehead atoms. The summed E-state index contributed by atoms with van der Waals surface area (Å²) in [6.45, 7) is 0.891. The molecule has 1 amide bonds. The summed E-state index contributed by atoms with van der Waals surface area (Å²) in [5, 5.41) is 14.6. The minimum absolute atomic E-state index is 0.0703. The van der Waals surface area contributed by atoms with Crippen molar-refractivity contribution in [2.24, 2.45) is 5.92 Å². The second kappa shape index (κ2) is 8.75. The number of carbonyl (C=O) groups excluding carboxylic acids is 2. The number of likely N-dealkylation sites (tertiary alicyclic amines) is 1. The van der Waals surface area contributed by atoms with Crippen LogP contribution >= 0.6 is 0 Å². The average molecular weight is 423 g/mol. The van der Waals surface area contributed by atoms with Crippen LogP contribution in [0, 0.1) is 16.0 Å². The van der Waals surface area contributed by atoms with E-state index in [0.29, 0.717) is 48.5 Å². The Morgan fingerprint density at radius 3 is 2.26 bits per heavy atom. The summed E-state index contributed by atoms with van der Waals surface area (Å²) in [5.74, 6) is 0.388. The smallest absolute Gasteiger partial charge is 0.293 e.